The Bertz CT molecular complexity index is 2200. The van der Waals surface area contributed by atoms with Gasteiger partial charge in [-0.25, -0.2) is 19.2 Å². The third-order valence-corrected chi connectivity index (χ3v) is 12.8. The molecule has 6 rings (SSSR count). The number of fused-ring (bicyclic) bond motifs is 3. The molecule has 3 atom stereocenters. The molecular weight excluding hydrogens is 791 g/mol. The lowest BCUT2D eigenvalue weighted by Crippen LogP contribution is -2.46. The maximum Gasteiger partial charge on any atom is 0.341 e. The van der Waals surface area contributed by atoms with E-state index in [0.29, 0.717) is 40.2 Å². The number of amides is 4. The van der Waals surface area contributed by atoms with Crippen LogP contribution in [-0.2, 0) is 59.0 Å². The van der Waals surface area contributed by atoms with Crippen LogP contribution in [0.2, 0.25) is 0 Å². The van der Waals surface area contributed by atoms with Gasteiger partial charge in [0.05, 0.1) is 42.0 Å². The lowest BCUT2D eigenvalue weighted by molar-refractivity contribution is -0.151. The van der Waals surface area contributed by atoms with E-state index in [1.807, 2.05) is 0 Å². The molecule has 2 N–H and O–H groups in total. The zero-order valence-corrected chi connectivity index (χ0v) is 34.7. The fourth-order valence-corrected chi connectivity index (χ4v) is 10.3. The van der Waals surface area contributed by atoms with Crippen molar-refractivity contribution in [2.45, 2.75) is 78.7 Å². The smallest absolute Gasteiger partial charge is 0.341 e. The van der Waals surface area contributed by atoms with Crippen molar-refractivity contribution < 1.29 is 57.3 Å². The van der Waals surface area contributed by atoms with Crippen LogP contribution >= 0.6 is 22.7 Å². The molecule has 308 valence electrons. The minimum Gasteiger partial charge on any atom is -0.465 e. The van der Waals surface area contributed by atoms with Crippen LogP contribution < -0.4 is 10.6 Å². The van der Waals surface area contributed by atoms with Crippen molar-refractivity contribution in [1.82, 2.24) is 4.90 Å². The Morgan fingerprint density at radius 3 is 1.74 bits per heavy atom. The molecule has 0 spiro atoms. The van der Waals surface area contributed by atoms with Gasteiger partial charge in [-0.2, -0.15) is 0 Å². The number of esters is 4. The number of carbonyl (C=O) groups excluding carboxylic acids is 8. The van der Waals surface area contributed by atoms with Crippen molar-refractivity contribution in [1.29, 1.82) is 0 Å². The number of thiophene rings is 2. The molecule has 3 heterocycles. The zero-order valence-electron chi connectivity index (χ0n) is 33.1. The van der Waals surface area contributed by atoms with Crippen LogP contribution in [0.15, 0.2) is 18.2 Å². The van der Waals surface area contributed by atoms with Crippen molar-refractivity contribution in [3.63, 3.8) is 0 Å². The van der Waals surface area contributed by atoms with Gasteiger partial charge in [0.1, 0.15) is 16.0 Å². The standard InChI is InChI=1S/C41H45N3O12S2/c1-19(2)13-27(39(50)56-18-31(46)43-35-33(41(52)54-6)25-11-8-21(4)15-29(25)58-35)44-36(47)23-12-9-22(16-26(23)37(44)48)38(49)55-17-30(45)42-34-32(40(51)53-5)24-10-7-20(3)14-28(24)57-34/h9,12,16,19-21,27H,7-8,10-11,13-15,17-18H2,1-6H3,(H,42,45)(H,43,46)/t20-,21-,27+/m0/s1. The highest BCUT2D eigenvalue weighted by Crippen LogP contribution is 2.41. The molecule has 0 saturated heterocycles. The summed E-state index contributed by atoms with van der Waals surface area (Å²) in [5, 5.41) is 5.94. The summed E-state index contributed by atoms with van der Waals surface area (Å²) in [5.74, 6) is -5.52. The summed E-state index contributed by atoms with van der Waals surface area (Å²) in [7, 11) is 2.52. The molecule has 0 unspecified atom stereocenters. The van der Waals surface area contributed by atoms with Crippen molar-refractivity contribution in [3.05, 3.63) is 66.9 Å². The normalized spacial score (nSPS) is 17.5. The van der Waals surface area contributed by atoms with E-state index in [1.54, 1.807) is 13.8 Å². The molecule has 0 saturated carbocycles. The van der Waals surface area contributed by atoms with Crippen molar-refractivity contribution >= 4 is 80.2 Å². The summed E-state index contributed by atoms with van der Waals surface area (Å²) >= 11 is 2.56. The Morgan fingerprint density at radius 1 is 0.741 bits per heavy atom. The summed E-state index contributed by atoms with van der Waals surface area (Å²) in [6.45, 7) is 6.33. The monoisotopic (exact) mass is 835 g/mol. The third-order valence-electron chi connectivity index (χ3n) is 10.4. The van der Waals surface area contributed by atoms with E-state index in [2.05, 4.69) is 24.5 Å². The van der Waals surface area contributed by atoms with Gasteiger partial charge in [0.15, 0.2) is 13.2 Å². The maximum atomic E-state index is 13.7. The fourth-order valence-electron chi connectivity index (χ4n) is 7.51. The second-order valence-electron chi connectivity index (χ2n) is 15.3. The van der Waals surface area contributed by atoms with E-state index in [-0.39, 0.29) is 34.6 Å². The van der Waals surface area contributed by atoms with Gasteiger partial charge in [0.2, 0.25) is 0 Å². The van der Waals surface area contributed by atoms with Crippen LogP contribution in [0.4, 0.5) is 10.0 Å². The molecule has 3 aliphatic rings. The van der Waals surface area contributed by atoms with Crippen LogP contribution in [-0.4, -0.2) is 85.9 Å². The average molecular weight is 836 g/mol. The number of hydrogen-bond acceptors (Lipinski definition) is 14. The summed E-state index contributed by atoms with van der Waals surface area (Å²) in [6.07, 6.45) is 4.65. The van der Waals surface area contributed by atoms with Crippen LogP contribution in [0.25, 0.3) is 0 Å². The largest absolute Gasteiger partial charge is 0.465 e. The number of benzene rings is 1. The third kappa shape index (κ3) is 8.70. The van der Waals surface area contributed by atoms with Gasteiger partial charge in [-0.3, -0.25) is 24.1 Å². The molecular formula is C41H45N3O12S2. The highest BCUT2D eigenvalue weighted by molar-refractivity contribution is 7.17. The molecule has 0 radical (unpaired) electrons. The van der Waals surface area contributed by atoms with Gasteiger partial charge in [-0.05, 0) is 92.0 Å². The lowest BCUT2D eigenvalue weighted by Gasteiger charge is -2.25. The van der Waals surface area contributed by atoms with Crippen molar-refractivity contribution in [2.75, 3.05) is 38.1 Å². The summed E-state index contributed by atoms with van der Waals surface area (Å²) in [6, 6.07) is 2.29. The molecule has 3 aromatic rings. The second-order valence-corrected chi connectivity index (χ2v) is 17.5. The van der Waals surface area contributed by atoms with E-state index in [1.165, 1.54) is 49.0 Å². The number of carbonyl (C=O) groups is 8. The Morgan fingerprint density at radius 2 is 1.24 bits per heavy atom. The van der Waals surface area contributed by atoms with Crippen molar-refractivity contribution in [3.8, 4) is 0 Å². The topological polar surface area (TPSA) is 201 Å². The number of imide groups is 1. The molecule has 0 bridgehead atoms. The number of hydrogen-bond donors (Lipinski definition) is 2. The summed E-state index contributed by atoms with van der Waals surface area (Å²) < 4.78 is 20.5. The number of rotatable bonds is 13. The molecule has 17 heteroatoms. The first-order chi connectivity index (χ1) is 27.6. The van der Waals surface area contributed by atoms with E-state index >= 15 is 0 Å². The Kier molecular flexibility index (Phi) is 12.8. The zero-order chi connectivity index (χ0) is 42.0. The van der Waals surface area contributed by atoms with E-state index in [0.717, 1.165) is 57.5 Å². The van der Waals surface area contributed by atoms with E-state index < -0.39 is 66.8 Å². The SMILES string of the molecule is COC(=O)c1c(NC(=O)COC(=O)c2ccc3c(c2)C(=O)N([C@H](CC(C)C)C(=O)OCC(=O)Nc2sc4c(c2C(=O)OC)CC[C@H](C)C4)C3=O)sc2c1CC[C@H](C)C2. The number of nitrogens with zero attached hydrogens (tertiary/aromatic N) is 1. The number of methoxy groups -OCH3 is 2. The average Bonchev–Trinajstić information content (AvgIpc) is 3.81. The van der Waals surface area contributed by atoms with Crippen molar-refractivity contribution in [2.24, 2.45) is 17.8 Å². The van der Waals surface area contributed by atoms with Crippen LogP contribution in [0, 0.1) is 17.8 Å². The van der Waals surface area contributed by atoms with Gasteiger partial charge in [0, 0.05) is 9.75 Å². The second kappa shape index (κ2) is 17.6. The minimum atomic E-state index is -1.40. The summed E-state index contributed by atoms with van der Waals surface area (Å²) in [5.41, 5.74) is 1.92. The molecule has 15 nitrogen and oxygen atoms in total. The minimum absolute atomic E-state index is 0.0161. The van der Waals surface area contributed by atoms with Gasteiger partial charge in [-0.15, -0.1) is 22.7 Å². The maximum absolute atomic E-state index is 13.7. The van der Waals surface area contributed by atoms with Crippen LogP contribution in [0.3, 0.4) is 0 Å². The quantitative estimate of drug-likeness (QED) is 0.123. The van der Waals surface area contributed by atoms with E-state index in [9.17, 15) is 38.4 Å². The fraction of sp³-hybridized carbons (Fsp3) is 0.463. The predicted molar refractivity (Wildman–Crippen MR) is 212 cm³/mol. The summed E-state index contributed by atoms with van der Waals surface area (Å²) in [4.78, 5) is 108. The lowest BCUT2D eigenvalue weighted by atomic mass is 9.88. The molecule has 1 aromatic carbocycles. The predicted octanol–water partition coefficient (Wildman–Crippen LogP) is 5.62. The molecule has 0 fully saturated rings. The number of nitrogens with one attached hydrogen (secondary N) is 2. The molecule has 58 heavy (non-hydrogen) atoms. The highest BCUT2D eigenvalue weighted by Gasteiger charge is 2.44. The highest BCUT2D eigenvalue weighted by atomic mass is 32.1. The van der Waals surface area contributed by atoms with Gasteiger partial charge < -0.3 is 29.6 Å². The molecule has 2 aliphatic carbocycles. The van der Waals surface area contributed by atoms with Gasteiger partial charge in [-0.1, -0.05) is 27.7 Å². The molecule has 1 aliphatic heterocycles. The van der Waals surface area contributed by atoms with Crippen LogP contribution in [0.1, 0.15) is 120 Å². The van der Waals surface area contributed by atoms with Crippen LogP contribution in [0.5, 0.6) is 0 Å². The first-order valence-corrected chi connectivity index (χ1v) is 20.7. The number of ether oxygens (including phenoxy) is 4. The first-order valence-electron chi connectivity index (χ1n) is 19.0. The first kappa shape index (κ1) is 42.2. The molecule has 2 aromatic heterocycles. The van der Waals surface area contributed by atoms with Gasteiger partial charge >= 0.3 is 23.9 Å². The Labute approximate surface area is 342 Å². The van der Waals surface area contributed by atoms with Gasteiger partial charge in [0.25, 0.3) is 23.6 Å². The Hall–Kier alpha value is -5.42. The Balaban J connectivity index is 1.10. The number of anilines is 2. The van der Waals surface area contributed by atoms with E-state index in [4.69, 9.17) is 18.9 Å². The molecule has 4 amide bonds.